The molecule has 0 N–H and O–H groups in total. The van der Waals surface area contributed by atoms with Gasteiger partial charge in [-0.1, -0.05) is 44.7 Å². The van der Waals surface area contributed by atoms with Crippen LogP contribution < -0.4 is 0 Å². The van der Waals surface area contributed by atoms with Gasteiger partial charge in [0.15, 0.2) is 0 Å². The standard InChI is InChI=1S/C27H28BrClN4O5/c28-21-7-5-20(6-8-21)24(34)31-15-16-32-23(17-31)25(35)33(26(32)36)38-27(37)30-13-11-19(12-14-30)2-1-18-3-9-22(29)10-4-18/h3-10,19,23H,1-2,11-17H2. The van der Waals surface area contributed by atoms with Gasteiger partial charge in [0.25, 0.3) is 11.8 Å². The van der Waals surface area contributed by atoms with Crippen molar-refractivity contribution in [2.75, 3.05) is 32.7 Å². The fourth-order valence-electron chi connectivity index (χ4n) is 5.17. The molecule has 38 heavy (non-hydrogen) atoms. The Labute approximate surface area is 234 Å². The van der Waals surface area contributed by atoms with Crippen molar-refractivity contribution < 1.29 is 24.0 Å². The molecule has 5 amide bonds. The maximum atomic E-state index is 13.0. The van der Waals surface area contributed by atoms with E-state index in [4.69, 9.17) is 16.4 Å². The average Bonchev–Trinajstić information content (AvgIpc) is 3.17. The van der Waals surface area contributed by atoms with Gasteiger partial charge in [-0.05, 0) is 73.6 Å². The highest BCUT2D eigenvalue weighted by atomic mass is 79.9. The zero-order valence-corrected chi connectivity index (χ0v) is 23.1. The van der Waals surface area contributed by atoms with Crippen LogP contribution in [0.15, 0.2) is 53.0 Å². The van der Waals surface area contributed by atoms with Crippen molar-refractivity contribution in [3.8, 4) is 0 Å². The summed E-state index contributed by atoms with van der Waals surface area (Å²) in [5.41, 5.74) is 1.73. The number of hydroxylamine groups is 2. The number of benzene rings is 2. The van der Waals surface area contributed by atoms with E-state index in [-0.39, 0.29) is 25.5 Å². The first-order valence-electron chi connectivity index (χ1n) is 12.7. The zero-order valence-electron chi connectivity index (χ0n) is 20.7. The molecule has 5 rings (SSSR count). The van der Waals surface area contributed by atoms with Gasteiger partial charge < -0.3 is 19.5 Å². The molecule has 0 bridgehead atoms. The second-order valence-corrected chi connectivity index (χ2v) is 11.2. The highest BCUT2D eigenvalue weighted by Crippen LogP contribution is 2.26. The van der Waals surface area contributed by atoms with E-state index in [9.17, 15) is 19.2 Å². The summed E-state index contributed by atoms with van der Waals surface area (Å²) in [7, 11) is 0. The minimum absolute atomic E-state index is 0.0481. The maximum Gasteiger partial charge on any atom is 0.434 e. The number of carbonyl (C=O) groups excluding carboxylic acids is 4. The summed E-state index contributed by atoms with van der Waals surface area (Å²) < 4.78 is 0.857. The fraction of sp³-hybridized carbons (Fsp3) is 0.407. The summed E-state index contributed by atoms with van der Waals surface area (Å²) in [6.45, 7) is 1.53. The predicted octanol–water partition coefficient (Wildman–Crippen LogP) is 4.59. The first-order chi connectivity index (χ1) is 18.3. The summed E-state index contributed by atoms with van der Waals surface area (Å²) in [6, 6.07) is 13.3. The van der Waals surface area contributed by atoms with Crippen LogP contribution in [0.3, 0.4) is 0 Å². The number of amides is 5. The van der Waals surface area contributed by atoms with E-state index in [1.807, 2.05) is 24.3 Å². The largest absolute Gasteiger partial charge is 0.434 e. The number of likely N-dealkylation sites (tertiary alicyclic amines) is 1. The van der Waals surface area contributed by atoms with Gasteiger partial charge in [0.05, 0.1) is 6.54 Å². The van der Waals surface area contributed by atoms with Crippen molar-refractivity contribution in [2.24, 2.45) is 5.92 Å². The number of hydrogen-bond acceptors (Lipinski definition) is 5. The van der Waals surface area contributed by atoms with Crippen LogP contribution in [0.2, 0.25) is 5.02 Å². The summed E-state index contributed by atoms with van der Waals surface area (Å²) in [4.78, 5) is 61.4. The van der Waals surface area contributed by atoms with E-state index in [2.05, 4.69) is 15.9 Å². The number of piperidine rings is 1. The lowest BCUT2D eigenvalue weighted by molar-refractivity contribution is -0.152. The number of rotatable bonds is 5. The zero-order chi connectivity index (χ0) is 26.8. The average molecular weight is 604 g/mol. The number of aryl methyl sites for hydroxylation is 1. The number of piperazine rings is 1. The Morgan fingerprint density at radius 3 is 2.29 bits per heavy atom. The first-order valence-corrected chi connectivity index (χ1v) is 13.9. The molecule has 1 atom stereocenters. The van der Waals surface area contributed by atoms with Crippen LogP contribution in [-0.4, -0.2) is 82.5 Å². The topological polar surface area (TPSA) is 90.5 Å². The summed E-state index contributed by atoms with van der Waals surface area (Å²) in [6.07, 6.45) is 2.91. The van der Waals surface area contributed by atoms with Crippen LogP contribution in [0.1, 0.15) is 35.2 Å². The van der Waals surface area contributed by atoms with Crippen LogP contribution in [-0.2, 0) is 16.1 Å². The molecule has 0 saturated carbocycles. The lowest BCUT2D eigenvalue weighted by Gasteiger charge is -2.35. The Balaban J connectivity index is 1.12. The lowest BCUT2D eigenvalue weighted by Crippen LogP contribution is -2.54. The number of fused-ring (bicyclic) bond motifs is 1. The molecule has 3 fully saturated rings. The Morgan fingerprint density at radius 2 is 1.61 bits per heavy atom. The van der Waals surface area contributed by atoms with E-state index in [0.29, 0.717) is 29.6 Å². The Kier molecular flexibility index (Phi) is 7.90. The van der Waals surface area contributed by atoms with Gasteiger partial charge in [0.2, 0.25) is 0 Å². The van der Waals surface area contributed by atoms with Crippen LogP contribution >= 0.6 is 27.5 Å². The minimum atomic E-state index is -0.873. The van der Waals surface area contributed by atoms with Crippen LogP contribution in [0, 0.1) is 5.92 Å². The number of carbonyl (C=O) groups is 4. The van der Waals surface area contributed by atoms with Crippen molar-refractivity contribution >= 4 is 51.5 Å². The van der Waals surface area contributed by atoms with Gasteiger partial charge in [0.1, 0.15) is 6.04 Å². The van der Waals surface area contributed by atoms with E-state index in [0.717, 1.165) is 35.2 Å². The summed E-state index contributed by atoms with van der Waals surface area (Å²) in [5, 5.41) is 1.28. The SMILES string of the molecule is O=C(ON1C(=O)C2CN(C(=O)c3ccc(Br)cc3)CCN2C1=O)N1CCC(CCc2ccc(Cl)cc2)CC1. The minimum Gasteiger partial charge on any atom is -0.334 e. The van der Waals surface area contributed by atoms with Crippen molar-refractivity contribution in [3.05, 3.63) is 69.2 Å². The molecule has 3 saturated heterocycles. The molecule has 200 valence electrons. The number of urea groups is 1. The molecule has 0 spiro atoms. The third-order valence-electron chi connectivity index (χ3n) is 7.46. The third kappa shape index (κ3) is 5.66. The number of nitrogens with zero attached hydrogens (tertiary/aromatic N) is 4. The monoisotopic (exact) mass is 602 g/mol. The van der Waals surface area contributed by atoms with Gasteiger partial charge >= 0.3 is 12.1 Å². The second kappa shape index (κ2) is 11.3. The van der Waals surface area contributed by atoms with Crippen LogP contribution in [0.5, 0.6) is 0 Å². The molecule has 2 aromatic rings. The fourth-order valence-corrected chi connectivity index (χ4v) is 5.57. The van der Waals surface area contributed by atoms with Gasteiger partial charge in [-0.3, -0.25) is 9.59 Å². The third-order valence-corrected chi connectivity index (χ3v) is 8.24. The highest BCUT2D eigenvalue weighted by molar-refractivity contribution is 9.10. The van der Waals surface area contributed by atoms with Gasteiger partial charge in [-0.15, -0.1) is 0 Å². The van der Waals surface area contributed by atoms with Gasteiger partial charge in [0, 0.05) is 41.2 Å². The maximum absolute atomic E-state index is 13.0. The number of hydrogen-bond donors (Lipinski definition) is 0. The molecule has 3 aliphatic heterocycles. The molecule has 2 aromatic carbocycles. The normalized spacial score (nSPS) is 20.1. The van der Waals surface area contributed by atoms with E-state index in [1.165, 1.54) is 10.5 Å². The predicted molar refractivity (Wildman–Crippen MR) is 143 cm³/mol. The van der Waals surface area contributed by atoms with Crippen molar-refractivity contribution in [1.29, 1.82) is 0 Å². The smallest absolute Gasteiger partial charge is 0.334 e. The second-order valence-electron chi connectivity index (χ2n) is 9.84. The van der Waals surface area contributed by atoms with Gasteiger partial charge in [-0.2, -0.15) is 0 Å². The molecular weight excluding hydrogens is 576 g/mol. The van der Waals surface area contributed by atoms with Crippen molar-refractivity contribution in [3.63, 3.8) is 0 Å². The quantitative estimate of drug-likeness (QED) is 0.467. The molecule has 3 heterocycles. The Bertz CT molecular complexity index is 1220. The van der Waals surface area contributed by atoms with E-state index >= 15 is 0 Å². The molecule has 11 heteroatoms. The first kappa shape index (κ1) is 26.5. The van der Waals surface area contributed by atoms with E-state index < -0.39 is 24.1 Å². The van der Waals surface area contributed by atoms with Crippen LogP contribution in [0.25, 0.3) is 0 Å². The Morgan fingerprint density at radius 1 is 0.921 bits per heavy atom. The Hall–Kier alpha value is -3.11. The molecule has 0 aliphatic carbocycles. The molecule has 0 aromatic heterocycles. The van der Waals surface area contributed by atoms with Crippen LogP contribution in [0.4, 0.5) is 9.59 Å². The van der Waals surface area contributed by atoms with Crippen molar-refractivity contribution in [1.82, 2.24) is 19.8 Å². The summed E-state index contributed by atoms with van der Waals surface area (Å²) in [5.74, 6) is -0.366. The molecule has 1 unspecified atom stereocenters. The van der Waals surface area contributed by atoms with Crippen molar-refractivity contribution in [2.45, 2.75) is 31.7 Å². The number of imide groups is 1. The molecular formula is C27H28BrClN4O5. The van der Waals surface area contributed by atoms with Gasteiger partial charge in [-0.25, -0.2) is 9.59 Å². The van der Waals surface area contributed by atoms with E-state index in [1.54, 1.807) is 34.1 Å². The molecule has 0 radical (unpaired) electrons. The molecule has 3 aliphatic rings. The molecule has 9 nitrogen and oxygen atoms in total. The number of halogens is 2. The summed E-state index contributed by atoms with van der Waals surface area (Å²) >= 11 is 9.30. The highest BCUT2D eigenvalue weighted by Gasteiger charge is 2.51. The lowest BCUT2D eigenvalue weighted by atomic mass is 9.91.